The summed E-state index contributed by atoms with van der Waals surface area (Å²) in [5.41, 5.74) is -0.201. The van der Waals surface area contributed by atoms with E-state index in [1.54, 1.807) is 24.6 Å². The summed E-state index contributed by atoms with van der Waals surface area (Å²) in [6.45, 7) is 10.6. The maximum absolute atomic E-state index is 12.3. The van der Waals surface area contributed by atoms with Crippen molar-refractivity contribution in [2.45, 2.75) is 65.1 Å². The maximum Gasteiger partial charge on any atom is 0.408 e. The van der Waals surface area contributed by atoms with E-state index < -0.39 is 17.2 Å². The molecule has 0 fully saturated rings. The molecule has 1 amide bonds. The average Bonchev–Trinajstić information content (AvgIpc) is 3.37. The number of ether oxygens (including phenoxy) is 1. The van der Waals surface area contributed by atoms with Gasteiger partial charge in [0.2, 0.25) is 5.89 Å². The first-order valence-corrected chi connectivity index (χ1v) is 11.0. The molecule has 0 atom stereocenters. The Morgan fingerprint density at radius 1 is 1.27 bits per heavy atom. The minimum absolute atomic E-state index is 0.417. The Morgan fingerprint density at radius 2 is 2.00 bits per heavy atom. The van der Waals surface area contributed by atoms with Crippen LogP contribution >= 0.6 is 11.3 Å². The molecular weight excluding hydrogens is 402 g/mol. The van der Waals surface area contributed by atoms with Gasteiger partial charge in [0.25, 0.3) is 0 Å². The first-order chi connectivity index (χ1) is 14.2. The number of thiophene rings is 1. The highest BCUT2D eigenvalue weighted by Gasteiger charge is 2.30. The zero-order valence-corrected chi connectivity index (χ0v) is 19.5. The molecule has 0 saturated heterocycles. The number of alkyl carbamates (subject to hydrolysis) is 1. The highest BCUT2D eigenvalue weighted by atomic mass is 32.1. The standard InChI is InChI=1S/C21H33N5O3S/c1-7-21(8-2,26-19(27)29-20(3,4)5)14-24-18(22-6)23-12-15-13-28-17(25-15)16-10-9-11-30-16/h9-11,13H,7-8,12,14H2,1-6H3,(H,26,27)(H2,22,23,24). The van der Waals surface area contributed by atoms with Gasteiger partial charge in [0.15, 0.2) is 5.96 Å². The van der Waals surface area contributed by atoms with Crippen molar-refractivity contribution in [3.8, 4) is 10.8 Å². The molecule has 0 bridgehead atoms. The van der Waals surface area contributed by atoms with Crippen molar-refractivity contribution in [2.24, 2.45) is 4.99 Å². The van der Waals surface area contributed by atoms with Gasteiger partial charge in [-0.2, -0.15) is 0 Å². The number of nitrogens with one attached hydrogen (secondary N) is 3. The van der Waals surface area contributed by atoms with Crippen molar-refractivity contribution < 1.29 is 13.9 Å². The predicted molar refractivity (Wildman–Crippen MR) is 121 cm³/mol. The minimum atomic E-state index is -0.540. The Hall–Kier alpha value is -2.55. The van der Waals surface area contributed by atoms with E-state index in [1.165, 1.54) is 0 Å². The van der Waals surface area contributed by atoms with Gasteiger partial charge in [0.05, 0.1) is 22.7 Å². The number of hydrogen-bond donors (Lipinski definition) is 3. The third-order valence-corrected chi connectivity index (χ3v) is 5.52. The summed E-state index contributed by atoms with van der Waals surface area (Å²) in [6.07, 6.45) is 2.72. The lowest BCUT2D eigenvalue weighted by atomic mass is 9.93. The normalized spacial score (nSPS) is 12.5. The fourth-order valence-corrected chi connectivity index (χ4v) is 3.45. The molecule has 0 spiro atoms. The number of oxazole rings is 1. The van der Waals surface area contributed by atoms with Crippen LogP contribution in [0.5, 0.6) is 0 Å². The van der Waals surface area contributed by atoms with Crippen LogP contribution in [-0.4, -0.2) is 41.8 Å². The molecule has 0 unspecified atom stereocenters. The fraction of sp³-hybridized carbons (Fsp3) is 0.571. The quantitative estimate of drug-likeness (QED) is 0.425. The Labute approximate surface area is 182 Å². The zero-order chi connectivity index (χ0) is 22.2. The van der Waals surface area contributed by atoms with Crippen LogP contribution < -0.4 is 16.0 Å². The maximum atomic E-state index is 12.3. The van der Waals surface area contributed by atoms with Gasteiger partial charge in [0.1, 0.15) is 11.9 Å². The van der Waals surface area contributed by atoms with Gasteiger partial charge < -0.3 is 25.1 Å². The Kier molecular flexibility index (Phi) is 8.28. The molecule has 8 nitrogen and oxygen atoms in total. The monoisotopic (exact) mass is 435 g/mol. The fourth-order valence-electron chi connectivity index (χ4n) is 2.79. The van der Waals surface area contributed by atoms with Crippen molar-refractivity contribution in [3.63, 3.8) is 0 Å². The van der Waals surface area contributed by atoms with Gasteiger partial charge in [0, 0.05) is 13.6 Å². The number of amides is 1. The molecule has 30 heavy (non-hydrogen) atoms. The molecule has 2 aromatic rings. The first-order valence-electron chi connectivity index (χ1n) is 10.1. The topological polar surface area (TPSA) is 101 Å². The van der Waals surface area contributed by atoms with E-state index in [0.29, 0.717) is 24.9 Å². The lowest BCUT2D eigenvalue weighted by molar-refractivity contribution is 0.0448. The molecular formula is C21H33N5O3S. The summed E-state index contributed by atoms with van der Waals surface area (Å²) in [5.74, 6) is 1.23. The Balaban J connectivity index is 1.91. The number of aromatic nitrogens is 1. The van der Waals surface area contributed by atoms with E-state index in [4.69, 9.17) is 9.15 Å². The van der Waals surface area contributed by atoms with Gasteiger partial charge in [-0.15, -0.1) is 11.3 Å². The van der Waals surface area contributed by atoms with Crippen molar-refractivity contribution in [1.29, 1.82) is 0 Å². The Morgan fingerprint density at radius 3 is 2.57 bits per heavy atom. The van der Waals surface area contributed by atoms with Crippen LogP contribution in [0.25, 0.3) is 10.8 Å². The van der Waals surface area contributed by atoms with Crippen LogP contribution in [0.3, 0.4) is 0 Å². The zero-order valence-electron chi connectivity index (χ0n) is 18.7. The molecule has 2 aromatic heterocycles. The van der Waals surface area contributed by atoms with Crippen molar-refractivity contribution in [1.82, 2.24) is 20.9 Å². The highest BCUT2D eigenvalue weighted by Crippen LogP contribution is 2.23. The number of hydrogen-bond acceptors (Lipinski definition) is 6. The van der Waals surface area contributed by atoms with Crippen LogP contribution in [0.1, 0.15) is 53.2 Å². The summed E-state index contributed by atoms with van der Waals surface area (Å²) in [6, 6.07) is 3.94. The van der Waals surface area contributed by atoms with E-state index in [2.05, 4.69) is 25.9 Å². The second kappa shape index (κ2) is 10.5. The number of guanidine groups is 1. The SMILES string of the molecule is CCC(CC)(CNC(=NC)NCc1coc(-c2cccs2)n1)NC(=O)OC(C)(C)C. The first kappa shape index (κ1) is 23.7. The van der Waals surface area contributed by atoms with Crippen molar-refractivity contribution in [2.75, 3.05) is 13.6 Å². The van der Waals surface area contributed by atoms with Crippen molar-refractivity contribution in [3.05, 3.63) is 29.5 Å². The van der Waals surface area contributed by atoms with E-state index in [9.17, 15) is 4.79 Å². The molecule has 3 N–H and O–H groups in total. The molecule has 2 heterocycles. The number of carbonyl (C=O) groups is 1. The number of carbonyl (C=O) groups excluding carboxylic acids is 1. The van der Waals surface area contributed by atoms with Crippen LogP contribution in [0.2, 0.25) is 0 Å². The largest absolute Gasteiger partial charge is 0.444 e. The van der Waals surface area contributed by atoms with Crippen LogP contribution in [0.15, 0.2) is 33.2 Å². The molecule has 2 rings (SSSR count). The van der Waals surface area contributed by atoms with E-state index in [1.807, 2.05) is 52.1 Å². The molecule has 0 aliphatic carbocycles. The van der Waals surface area contributed by atoms with Gasteiger partial charge >= 0.3 is 6.09 Å². The van der Waals surface area contributed by atoms with Gasteiger partial charge in [-0.05, 0) is 45.1 Å². The molecule has 166 valence electrons. The lowest BCUT2D eigenvalue weighted by Gasteiger charge is -2.34. The molecule has 9 heteroatoms. The highest BCUT2D eigenvalue weighted by molar-refractivity contribution is 7.13. The summed E-state index contributed by atoms with van der Waals surface area (Å²) in [7, 11) is 1.70. The molecule has 0 aromatic carbocycles. The predicted octanol–water partition coefficient (Wildman–Crippen LogP) is 4.15. The van der Waals surface area contributed by atoms with Gasteiger partial charge in [-0.1, -0.05) is 19.9 Å². The number of aliphatic imine (C=N–C) groups is 1. The Bertz CT molecular complexity index is 820. The van der Waals surface area contributed by atoms with E-state index in [-0.39, 0.29) is 0 Å². The summed E-state index contributed by atoms with van der Waals surface area (Å²) in [5, 5.41) is 11.5. The third kappa shape index (κ3) is 7.05. The van der Waals surface area contributed by atoms with E-state index in [0.717, 1.165) is 23.4 Å². The molecule has 0 aliphatic heterocycles. The lowest BCUT2D eigenvalue weighted by Crippen LogP contribution is -2.57. The minimum Gasteiger partial charge on any atom is -0.444 e. The molecule has 0 aliphatic rings. The average molecular weight is 436 g/mol. The third-order valence-electron chi connectivity index (χ3n) is 4.66. The second-order valence-corrected chi connectivity index (χ2v) is 8.96. The number of nitrogens with zero attached hydrogens (tertiary/aromatic N) is 2. The molecule has 0 radical (unpaired) electrons. The molecule has 0 saturated carbocycles. The van der Waals surface area contributed by atoms with Crippen LogP contribution in [-0.2, 0) is 11.3 Å². The van der Waals surface area contributed by atoms with Gasteiger partial charge in [-0.25, -0.2) is 9.78 Å². The summed E-state index contributed by atoms with van der Waals surface area (Å²) in [4.78, 5) is 22.0. The van der Waals surface area contributed by atoms with E-state index >= 15 is 0 Å². The van der Waals surface area contributed by atoms with Gasteiger partial charge in [-0.3, -0.25) is 4.99 Å². The van der Waals surface area contributed by atoms with Crippen LogP contribution in [0, 0.1) is 0 Å². The van der Waals surface area contributed by atoms with Crippen LogP contribution in [0.4, 0.5) is 4.79 Å². The number of rotatable bonds is 8. The summed E-state index contributed by atoms with van der Waals surface area (Å²) < 4.78 is 11.0. The van der Waals surface area contributed by atoms with Crippen molar-refractivity contribution >= 4 is 23.4 Å². The smallest absolute Gasteiger partial charge is 0.408 e. The summed E-state index contributed by atoms with van der Waals surface area (Å²) >= 11 is 1.58. The second-order valence-electron chi connectivity index (χ2n) is 8.01.